The van der Waals surface area contributed by atoms with Crippen molar-refractivity contribution >= 4 is 36.7 Å². The van der Waals surface area contributed by atoms with Crippen LogP contribution in [-0.4, -0.2) is 31.0 Å². The summed E-state index contributed by atoms with van der Waals surface area (Å²) in [6.07, 6.45) is 0. The van der Waals surface area contributed by atoms with Crippen molar-refractivity contribution in [3.8, 4) is 5.75 Å². The lowest BCUT2D eigenvalue weighted by Crippen LogP contribution is -2.03. The lowest BCUT2D eigenvalue weighted by Gasteiger charge is -2.10. The van der Waals surface area contributed by atoms with Crippen molar-refractivity contribution in [1.29, 1.82) is 0 Å². The molecule has 0 fully saturated rings. The summed E-state index contributed by atoms with van der Waals surface area (Å²) < 4.78 is 63.4. The second-order valence-electron chi connectivity index (χ2n) is 3.96. The molecule has 0 aromatic heterocycles. The Kier molecular flexibility index (Phi) is 3.45. The molecule has 0 aliphatic carbocycles. The molecule has 2 rings (SSSR count). The van der Waals surface area contributed by atoms with Crippen molar-refractivity contribution in [1.82, 2.24) is 0 Å². The van der Waals surface area contributed by atoms with Gasteiger partial charge in [0.1, 0.15) is 9.79 Å². The minimum Gasteiger partial charge on any atom is -0.505 e. The van der Waals surface area contributed by atoms with Crippen molar-refractivity contribution in [2.75, 3.05) is 0 Å². The number of benzene rings is 2. The second kappa shape index (κ2) is 4.73. The Morgan fingerprint density at radius 3 is 2.00 bits per heavy atom. The lowest BCUT2D eigenvalue weighted by atomic mass is 10.1. The quantitative estimate of drug-likeness (QED) is 0.562. The van der Waals surface area contributed by atoms with E-state index in [-0.39, 0.29) is 0 Å². The van der Waals surface area contributed by atoms with Gasteiger partial charge in [-0.2, -0.15) is 16.8 Å². The van der Waals surface area contributed by atoms with Gasteiger partial charge in [0.15, 0.2) is 11.4 Å². The van der Waals surface area contributed by atoms with Gasteiger partial charge in [0.25, 0.3) is 20.2 Å². The molecule has 0 amide bonds. The zero-order chi connectivity index (χ0) is 16.0. The Morgan fingerprint density at radius 2 is 1.52 bits per heavy atom. The summed E-state index contributed by atoms with van der Waals surface area (Å²) in [6.45, 7) is 0. The summed E-state index contributed by atoms with van der Waals surface area (Å²) >= 11 is 0. The summed E-state index contributed by atoms with van der Waals surface area (Å²) in [7, 11) is -9.65. The van der Waals surface area contributed by atoms with Gasteiger partial charge in [-0.15, -0.1) is 4.91 Å². The average Bonchev–Trinajstić information content (AvgIpc) is 2.36. The van der Waals surface area contributed by atoms with Gasteiger partial charge in [-0.1, -0.05) is 12.1 Å². The minimum absolute atomic E-state index is 0.391. The Labute approximate surface area is 118 Å². The number of hydrogen-bond donors (Lipinski definition) is 3. The maximum absolute atomic E-state index is 11.3. The fourth-order valence-electron chi connectivity index (χ4n) is 1.88. The van der Waals surface area contributed by atoms with Crippen LogP contribution in [-0.2, 0) is 20.2 Å². The van der Waals surface area contributed by atoms with E-state index in [9.17, 15) is 26.8 Å². The number of aromatic hydroxyl groups is 1. The van der Waals surface area contributed by atoms with E-state index in [1.165, 1.54) is 0 Å². The lowest BCUT2D eigenvalue weighted by molar-refractivity contribution is 0.473. The van der Waals surface area contributed by atoms with Gasteiger partial charge in [0.05, 0.1) is 0 Å². The molecule has 0 heterocycles. The number of fused-ring (bicyclic) bond motifs is 1. The van der Waals surface area contributed by atoms with Crippen LogP contribution in [0.2, 0.25) is 0 Å². The summed E-state index contributed by atoms with van der Waals surface area (Å²) in [5.41, 5.74) is -0.800. The summed E-state index contributed by atoms with van der Waals surface area (Å²) in [5, 5.41) is 11.2. The summed E-state index contributed by atoms with van der Waals surface area (Å²) in [5.74, 6) is -0.930. The SMILES string of the molecule is O=Nc1cc(S(=O)(=O)O)c2cccc(S(=O)(=O)O)c2c1O. The van der Waals surface area contributed by atoms with Crippen LogP contribution in [0.4, 0.5) is 5.69 Å². The number of nitroso groups, excluding NO2 is 1. The van der Waals surface area contributed by atoms with Gasteiger partial charge in [0.2, 0.25) is 0 Å². The molecule has 3 N–H and O–H groups in total. The van der Waals surface area contributed by atoms with Crippen molar-refractivity contribution in [2.24, 2.45) is 5.18 Å². The molecule has 0 bridgehead atoms. The van der Waals surface area contributed by atoms with E-state index in [4.69, 9.17) is 9.11 Å². The molecule has 2 aromatic carbocycles. The highest BCUT2D eigenvalue weighted by Crippen LogP contribution is 2.41. The number of phenols is 1. The molecule has 11 heteroatoms. The predicted octanol–water partition coefficient (Wildman–Crippen LogP) is 1.44. The van der Waals surface area contributed by atoms with E-state index in [2.05, 4.69) is 5.18 Å². The third kappa shape index (κ3) is 2.58. The van der Waals surface area contributed by atoms with Gasteiger partial charge < -0.3 is 5.11 Å². The average molecular weight is 333 g/mol. The maximum Gasteiger partial charge on any atom is 0.295 e. The van der Waals surface area contributed by atoms with Crippen molar-refractivity contribution < 1.29 is 31.0 Å². The topological polar surface area (TPSA) is 158 Å². The molecule has 0 unspecified atom stereocenters. The van der Waals surface area contributed by atoms with Gasteiger partial charge in [0, 0.05) is 10.8 Å². The highest BCUT2D eigenvalue weighted by atomic mass is 32.2. The van der Waals surface area contributed by atoms with Crippen LogP contribution < -0.4 is 0 Å². The van der Waals surface area contributed by atoms with E-state index >= 15 is 0 Å². The molecule has 0 radical (unpaired) electrons. The fraction of sp³-hybridized carbons (Fsp3) is 0. The van der Waals surface area contributed by atoms with Crippen LogP contribution in [0.3, 0.4) is 0 Å². The monoisotopic (exact) mass is 333 g/mol. The van der Waals surface area contributed by atoms with Crippen LogP contribution >= 0.6 is 0 Å². The van der Waals surface area contributed by atoms with E-state index < -0.39 is 52.2 Å². The van der Waals surface area contributed by atoms with E-state index in [0.717, 1.165) is 18.2 Å². The third-order valence-electron chi connectivity index (χ3n) is 2.69. The summed E-state index contributed by atoms with van der Waals surface area (Å²) in [6, 6.07) is 3.66. The highest BCUT2D eigenvalue weighted by molar-refractivity contribution is 7.86. The minimum atomic E-state index is -4.83. The Hall–Kier alpha value is -2.08. The van der Waals surface area contributed by atoms with Crippen molar-refractivity contribution in [3.05, 3.63) is 29.2 Å². The van der Waals surface area contributed by atoms with Gasteiger partial charge in [-0.25, -0.2) is 0 Å². The van der Waals surface area contributed by atoms with Gasteiger partial charge in [-0.05, 0) is 17.3 Å². The predicted molar refractivity (Wildman–Crippen MR) is 70.7 cm³/mol. The molecule has 21 heavy (non-hydrogen) atoms. The summed E-state index contributed by atoms with van der Waals surface area (Å²) in [4.78, 5) is 8.96. The second-order valence-corrected chi connectivity index (χ2v) is 6.74. The van der Waals surface area contributed by atoms with Crippen LogP contribution in [0.15, 0.2) is 39.2 Å². The molecule has 0 aliphatic heterocycles. The molecule has 0 spiro atoms. The molecule has 2 aromatic rings. The first kappa shape index (κ1) is 15.3. The van der Waals surface area contributed by atoms with Crippen LogP contribution in [0.25, 0.3) is 10.8 Å². The normalized spacial score (nSPS) is 12.5. The Morgan fingerprint density at radius 1 is 0.952 bits per heavy atom. The number of phenolic OH excluding ortho intramolecular Hbond substituents is 1. The molecule has 9 nitrogen and oxygen atoms in total. The van der Waals surface area contributed by atoms with Crippen molar-refractivity contribution in [3.63, 3.8) is 0 Å². The molecule has 0 atom stereocenters. The molecular formula is C10H7NO8S2. The van der Waals surface area contributed by atoms with E-state index in [1.54, 1.807) is 0 Å². The van der Waals surface area contributed by atoms with Crippen LogP contribution in [0.5, 0.6) is 5.75 Å². The zero-order valence-corrected chi connectivity index (χ0v) is 11.6. The largest absolute Gasteiger partial charge is 0.505 e. The molecule has 0 aliphatic rings. The highest BCUT2D eigenvalue weighted by Gasteiger charge is 2.25. The first-order valence-electron chi connectivity index (χ1n) is 5.14. The number of rotatable bonds is 3. The smallest absolute Gasteiger partial charge is 0.295 e. The third-order valence-corrected chi connectivity index (χ3v) is 4.48. The van der Waals surface area contributed by atoms with Gasteiger partial charge >= 0.3 is 0 Å². The van der Waals surface area contributed by atoms with E-state index in [0.29, 0.717) is 6.07 Å². The maximum atomic E-state index is 11.3. The fourth-order valence-corrected chi connectivity index (χ4v) is 3.30. The molecule has 112 valence electrons. The Bertz CT molecular complexity index is 962. The first-order chi connectivity index (χ1) is 9.57. The standard InChI is InChI=1S/C10H7NO8S2/c12-10-6(11-13)4-8(21(17,18)19)5-2-1-3-7(9(5)10)20(14,15)16/h1-4,12H,(H,14,15,16)(H,17,18,19). The molecule has 0 saturated heterocycles. The van der Waals surface area contributed by atoms with Crippen molar-refractivity contribution in [2.45, 2.75) is 9.79 Å². The van der Waals surface area contributed by atoms with Crippen LogP contribution in [0.1, 0.15) is 0 Å². The Balaban J connectivity index is 3.20. The van der Waals surface area contributed by atoms with E-state index in [1.807, 2.05) is 0 Å². The number of nitrogens with zero attached hydrogens (tertiary/aromatic N) is 1. The van der Waals surface area contributed by atoms with Crippen LogP contribution in [0, 0.1) is 4.91 Å². The number of hydrogen-bond acceptors (Lipinski definition) is 7. The molecular weight excluding hydrogens is 326 g/mol. The van der Waals surface area contributed by atoms with Gasteiger partial charge in [-0.3, -0.25) is 9.11 Å². The molecule has 0 saturated carbocycles. The first-order valence-corrected chi connectivity index (χ1v) is 8.02. The zero-order valence-electron chi connectivity index (χ0n) is 9.96.